The smallest absolute Gasteiger partial charge is 0.172 e. The molecule has 146 valence electrons. The fraction of sp³-hybridized carbons (Fsp3) is 0.600. The molecule has 0 bridgehead atoms. The van der Waals surface area contributed by atoms with E-state index in [9.17, 15) is 0 Å². The van der Waals surface area contributed by atoms with Crippen LogP contribution in [0.15, 0.2) is 0 Å². The van der Waals surface area contributed by atoms with Gasteiger partial charge in [0.2, 0.25) is 0 Å². The van der Waals surface area contributed by atoms with E-state index in [0.717, 1.165) is 73.1 Å². The molecule has 0 spiro atoms. The zero-order valence-electron chi connectivity index (χ0n) is 16.0. The summed E-state index contributed by atoms with van der Waals surface area (Å²) < 4.78 is 6.73. The summed E-state index contributed by atoms with van der Waals surface area (Å²) in [7, 11) is 0. The minimum absolute atomic E-state index is 0.787. The highest BCUT2D eigenvalue weighted by molar-refractivity contribution is 7.26. The summed E-state index contributed by atoms with van der Waals surface area (Å²) >= 11 is 1.75. The predicted molar refractivity (Wildman–Crippen MR) is 112 cm³/mol. The van der Waals surface area contributed by atoms with Crippen LogP contribution in [0.2, 0.25) is 0 Å². The highest BCUT2D eigenvalue weighted by atomic mass is 32.1. The van der Waals surface area contributed by atoms with Gasteiger partial charge in [0.15, 0.2) is 5.82 Å². The number of pyridine rings is 1. The number of ether oxygens (including phenoxy) is 1. The third kappa shape index (κ3) is 2.58. The number of aryl methyl sites for hydroxylation is 1. The normalized spacial score (nSPS) is 20.3. The van der Waals surface area contributed by atoms with Gasteiger partial charge in [0, 0.05) is 31.6 Å². The van der Waals surface area contributed by atoms with Crippen LogP contribution >= 0.6 is 11.3 Å². The molecule has 2 fully saturated rings. The number of morpholine rings is 1. The number of fused-ring (bicyclic) bond motifs is 5. The van der Waals surface area contributed by atoms with Crippen LogP contribution in [0.1, 0.15) is 36.8 Å². The van der Waals surface area contributed by atoms with E-state index >= 15 is 0 Å². The summed E-state index contributed by atoms with van der Waals surface area (Å²) in [5.41, 5.74) is 3.90. The molecule has 8 heteroatoms. The second kappa shape index (κ2) is 6.77. The average molecular weight is 397 g/mol. The maximum absolute atomic E-state index is 5.57. The fourth-order valence-electron chi connectivity index (χ4n) is 4.93. The molecule has 0 amide bonds. The summed E-state index contributed by atoms with van der Waals surface area (Å²) in [6.45, 7) is 5.55. The second-order valence-corrected chi connectivity index (χ2v) is 8.97. The summed E-state index contributed by atoms with van der Waals surface area (Å²) in [5.74, 6) is 2.18. The lowest BCUT2D eigenvalue weighted by molar-refractivity contribution is 0.122. The predicted octanol–water partition coefficient (Wildman–Crippen LogP) is 2.95. The Balaban J connectivity index is 1.59. The van der Waals surface area contributed by atoms with Crippen LogP contribution in [0, 0.1) is 0 Å². The largest absolute Gasteiger partial charge is 0.378 e. The van der Waals surface area contributed by atoms with E-state index in [0.29, 0.717) is 0 Å². The summed E-state index contributed by atoms with van der Waals surface area (Å²) in [6.07, 6.45) is 7.16. The molecule has 28 heavy (non-hydrogen) atoms. The molecule has 3 aliphatic rings. The van der Waals surface area contributed by atoms with Gasteiger partial charge in [-0.3, -0.25) is 0 Å². The van der Waals surface area contributed by atoms with E-state index in [1.54, 1.807) is 11.3 Å². The Kier molecular flexibility index (Phi) is 4.08. The third-order valence-electron chi connectivity index (χ3n) is 6.31. The fourth-order valence-corrected chi connectivity index (χ4v) is 6.08. The molecule has 0 saturated carbocycles. The molecule has 6 rings (SSSR count). The minimum Gasteiger partial charge on any atom is -0.378 e. The van der Waals surface area contributed by atoms with Crippen LogP contribution in [0.4, 0.5) is 11.6 Å². The van der Waals surface area contributed by atoms with Crippen molar-refractivity contribution in [3.63, 3.8) is 0 Å². The number of aromatic nitrogens is 4. The molecule has 0 aromatic carbocycles. The molecular weight excluding hydrogens is 372 g/mol. The number of nitrogens with zero attached hydrogens (tertiary/aromatic N) is 6. The van der Waals surface area contributed by atoms with Crippen LogP contribution < -0.4 is 9.80 Å². The van der Waals surface area contributed by atoms with Gasteiger partial charge < -0.3 is 14.5 Å². The number of anilines is 2. The van der Waals surface area contributed by atoms with Crippen LogP contribution in [0.25, 0.3) is 20.4 Å². The molecular formula is C20H24N6OS. The zero-order chi connectivity index (χ0) is 18.5. The lowest BCUT2D eigenvalue weighted by atomic mass is 9.90. The van der Waals surface area contributed by atoms with Gasteiger partial charge in [-0.05, 0) is 54.9 Å². The molecule has 3 aromatic rings. The van der Waals surface area contributed by atoms with Gasteiger partial charge in [-0.25, -0.2) is 4.98 Å². The topological polar surface area (TPSA) is 67.3 Å². The standard InChI is InChI=1S/C20H24N6OS/c1-2-6-14-13(5-1)15-16-17(19(23-24-22-16)25-7-3-4-8-25)28-20(15)21-18(14)26-9-11-27-12-10-26/h1-12H2. The quantitative estimate of drug-likeness (QED) is 0.660. The Morgan fingerprint density at radius 3 is 2.36 bits per heavy atom. The molecule has 2 aliphatic heterocycles. The first-order valence-corrected chi connectivity index (χ1v) is 11.3. The van der Waals surface area contributed by atoms with E-state index in [4.69, 9.17) is 9.72 Å². The van der Waals surface area contributed by atoms with Gasteiger partial charge in [-0.15, -0.1) is 21.5 Å². The minimum atomic E-state index is 0.787. The molecule has 0 atom stereocenters. The Morgan fingerprint density at radius 1 is 0.786 bits per heavy atom. The van der Waals surface area contributed by atoms with E-state index < -0.39 is 0 Å². The highest BCUT2D eigenvalue weighted by Crippen LogP contribution is 2.43. The molecule has 1 aliphatic carbocycles. The maximum Gasteiger partial charge on any atom is 0.172 e. The molecule has 5 heterocycles. The Bertz CT molecular complexity index is 1040. The first kappa shape index (κ1) is 16.9. The summed E-state index contributed by atoms with van der Waals surface area (Å²) in [5, 5.41) is 14.3. The van der Waals surface area contributed by atoms with Crippen molar-refractivity contribution in [1.29, 1.82) is 0 Å². The third-order valence-corrected chi connectivity index (χ3v) is 7.38. The van der Waals surface area contributed by atoms with Gasteiger partial charge in [-0.1, -0.05) is 0 Å². The van der Waals surface area contributed by atoms with Gasteiger partial charge in [0.25, 0.3) is 0 Å². The maximum atomic E-state index is 5.57. The molecule has 7 nitrogen and oxygen atoms in total. The SMILES string of the molecule is C1CCc2c(c(N3CCOCC3)nc3sc4c(N5CCCC5)nnnc4c23)C1. The van der Waals surface area contributed by atoms with E-state index in [-0.39, 0.29) is 0 Å². The highest BCUT2D eigenvalue weighted by Gasteiger charge is 2.27. The number of thiophene rings is 1. The Morgan fingerprint density at radius 2 is 1.54 bits per heavy atom. The number of rotatable bonds is 2. The molecule has 2 saturated heterocycles. The number of hydrogen-bond acceptors (Lipinski definition) is 8. The lowest BCUT2D eigenvalue weighted by Gasteiger charge is -2.31. The molecule has 3 aromatic heterocycles. The van der Waals surface area contributed by atoms with E-state index in [1.165, 1.54) is 48.0 Å². The van der Waals surface area contributed by atoms with Crippen LogP contribution in [0.3, 0.4) is 0 Å². The van der Waals surface area contributed by atoms with Crippen molar-refractivity contribution in [2.45, 2.75) is 38.5 Å². The average Bonchev–Trinajstić information content (AvgIpc) is 3.41. The van der Waals surface area contributed by atoms with Crippen LogP contribution in [-0.2, 0) is 17.6 Å². The van der Waals surface area contributed by atoms with Crippen LogP contribution in [-0.4, -0.2) is 59.8 Å². The van der Waals surface area contributed by atoms with Crippen molar-refractivity contribution < 1.29 is 4.74 Å². The van der Waals surface area contributed by atoms with Crippen molar-refractivity contribution in [3.05, 3.63) is 11.1 Å². The van der Waals surface area contributed by atoms with E-state index in [1.807, 2.05) is 0 Å². The molecule has 0 radical (unpaired) electrons. The molecule has 0 N–H and O–H groups in total. The van der Waals surface area contributed by atoms with Gasteiger partial charge in [0.1, 0.15) is 20.9 Å². The first-order valence-electron chi connectivity index (χ1n) is 10.4. The van der Waals surface area contributed by atoms with Gasteiger partial charge in [-0.2, -0.15) is 0 Å². The Labute approximate surface area is 167 Å². The Hall–Kier alpha value is -2.06. The van der Waals surface area contributed by atoms with Crippen molar-refractivity contribution in [2.75, 3.05) is 49.2 Å². The summed E-state index contributed by atoms with van der Waals surface area (Å²) in [6, 6.07) is 0. The van der Waals surface area contributed by atoms with Crippen LogP contribution in [0.5, 0.6) is 0 Å². The van der Waals surface area contributed by atoms with E-state index in [2.05, 4.69) is 25.2 Å². The van der Waals surface area contributed by atoms with Crippen molar-refractivity contribution >= 4 is 43.4 Å². The van der Waals surface area contributed by atoms with Gasteiger partial charge in [0.05, 0.1) is 13.2 Å². The number of hydrogen-bond donors (Lipinski definition) is 0. The van der Waals surface area contributed by atoms with Crippen molar-refractivity contribution in [3.8, 4) is 0 Å². The lowest BCUT2D eigenvalue weighted by Crippen LogP contribution is -2.37. The van der Waals surface area contributed by atoms with Gasteiger partial charge >= 0.3 is 0 Å². The van der Waals surface area contributed by atoms with Crippen molar-refractivity contribution in [1.82, 2.24) is 20.4 Å². The first-order chi connectivity index (χ1) is 13.9. The van der Waals surface area contributed by atoms with Crippen molar-refractivity contribution in [2.24, 2.45) is 0 Å². The second-order valence-electron chi connectivity index (χ2n) is 7.97. The molecule has 0 unspecified atom stereocenters. The zero-order valence-corrected chi connectivity index (χ0v) is 16.8. The monoisotopic (exact) mass is 396 g/mol. The summed E-state index contributed by atoms with van der Waals surface area (Å²) in [4.78, 5) is 11.1.